The number of anilines is 1. The Morgan fingerprint density at radius 2 is 1.83 bits per heavy atom. The summed E-state index contributed by atoms with van der Waals surface area (Å²) in [5.74, 6) is 0.504. The van der Waals surface area contributed by atoms with Crippen molar-refractivity contribution in [3.8, 4) is 6.07 Å². The number of nitrogens with one attached hydrogen (secondary N) is 1. The van der Waals surface area contributed by atoms with E-state index in [4.69, 9.17) is 4.74 Å². The van der Waals surface area contributed by atoms with Crippen LogP contribution in [0.25, 0.3) is 0 Å². The first kappa shape index (κ1) is 18.3. The van der Waals surface area contributed by atoms with Gasteiger partial charge in [0.15, 0.2) is 5.56 Å². The number of methoxy groups -OCH3 is 1. The van der Waals surface area contributed by atoms with Crippen LogP contribution in [0.15, 0.2) is 9.59 Å². The second-order valence-corrected chi connectivity index (χ2v) is 6.62. The summed E-state index contributed by atoms with van der Waals surface area (Å²) in [6.07, 6.45) is 1.93. The van der Waals surface area contributed by atoms with Crippen LogP contribution in [-0.4, -0.2) is 28.4 Å². The van der Waals surface area contributed by atoms with Crippen LogP contribution in [0.2, 0.25) is 0 Å². The Labute approximate surface area is 141 Å². The van der Waals surface area contributed by atoms with Crippen LogP contribution in [0.4, 0.5) is 5.82 Å². The number of rotatable bonds is 5. The molecule has 0 amide bonds. The van der Waals surface area contributed by atoms with E-state index in [2.05, 4.69) is 26.1 Å². The Kier molecular flexibility index (Phi) is 4.90. The Bertz CT molecular complexity index is 783. The average Bonchev–Trinajstić information content (AvgIpc) is 2.59. The molecule has 1 fully saturated rings. The van der Waals surface area contributed by atoms with Crippen molar-refractivity contribution in [2.45, 2.75) is 45.8 Å². The van der Waals surface area contributed by atoms with Gasteiger partial charge in [0.1, 0.15) is 11.9 Å². The molecule has 0 aromatic carbocycles. The minimum atomic E-state index is -0.572. The standard InChI is InChI=1S/C17H26N4O3/c1-7-17(8-2)12(10(3)13(17)24-6)19-14-11(9-18)15(22)21(5)16(23)20(14)4/h10,12-13,19H,7-8H2,1-6H3/t10-,12-,13+/m1/s1. The van der Waals surface area contributed by atoms with Crippen LogP contribution in [0.1, 0.15) is 39.2 Å². The minimum absolute atomic E-state index is 0.0299. The van der Waals surface area contributed by atoms with Crippen molar-refractivity contribution in [1.82, 2.24) is 9.13 Å². The molecule has 0 aliphatic heterocycles. The van der Waals surface area contributed by atoms with Crippen LogP contribution >= 0.6 is 0 Å². The van der Waals surface area contributed by atoms with Gasteiger partial charge in [-0.1, -0.05) is 20.8 Å². The molecule has 1 aromatic heterocycles. The largest absolute Gasteiger partial charge is 0.380 e. The van der Waals surface area contributed by atoms with E-state index in [0.717, 1.165) is 17.4 Å². The number of nitriles is 1. The first-order valence-electron chi connectivity index (χ1n) is 8.30. The fraction of sp³-hybridized carbons (Fsp3) is 0.706. The molecular weight excluding hydrogens is 308 g/mol. The van der Waals surface area contributed by atoms with Gasteiger partial charge in [0, 0.05) is 38.6 Å². The number of ether oxygens (including phenoxy) is 1. The van der Waals surface area contributed by atoms with Crippen LogP contribution in [0.5, 0.6) is 0 Å². The van der Waals surface area contributed by atoms with E-state index in [-0.39, 0.29) is 29.0 Å². The summed E-state index contributed by atoms with van der Waals surface area (Å²) >= 11 is 0. The van der Waals surface area contributed by atoms with Gasteiger partial charge in [-0.15, -0.1) is 0 Å². The molecule has 1 aliphatic rings. The summed E-state index contributed by atoms with van der Waals surface area (Å²) in [6.45, 7) is 6.31. The summed E-state index contributed by atoms with van der Waals surface area (Å²) in [5.41, 5.74) is -1.14. The summed E-state index contributed by atoms with van der Waals surface area (Å²) in [7, 11) is 4.67. The highest BCUT2D eigenvalue weighted by Crippen LogP contribution is 2.53. The molecule has 1 aliphatic carbocycles. The van der Waals surface area contributed by atoms with Crippen molar-refractivity contribution in [1.29, 1.82) is 5.26 Å². The van der Waals surface area contributed by atoms with E-state index in [1.807, 2.05) is 6.07 Å². The van der Waals surface area contributed by atoms with E-state index >= 15 is 0 Å². The Balaban J connectivity index is 2.55. The lowest BCUT2D eigenvalue weighted by atomic mass is 9.53. The van der Waals surface area contributed by atoms with Gasteiger partial charge >= 0.3 is 5.69 Å². The highest BCUT2D eigenvalue weighted by Gasteiger charge is 2.58. The van der Waals surface area contributed by atoms with Gasteiger partial charge in [-0.2, -0.15) is 5.26 Å². The van der Waals surface area contributed by atoms with E-state index in [1.54, 1.807) is 14.2 Å². The fourth-order valence-corrected chi connectivity index (χ4v) is 4.36. The predicted octanol–water partition coefficient (Wildman–Crippen LogP) is 1.21. The molecule has 1 saturated carbocycles. The van der Waals surface area contributed by atoms with Crippen molar-refractivity contribution in [2.24, 2.45) is 25.4 Å². The van der Waals surface area contributed by atoms with Crippen molar-refractivity contribution in [3.63, 3.8) is 0 Å². The highest BCUT2D eigenvalue weighted by molar-refractivity contribution is 5.53. The van der Waals surface area contributed by atoms with Crippen molar-refractivity contribution in [3.05, 3.63) is 26.4 Å². The Morgan fingerprint density at radius 1 is 1.25 bits per heavy atom. The molecule has 24 heavy (non-hydrogen) atoms. The van der Waals surface area contributed by atoms with Crippen LogP contribution in [0.3, 0.4) is 0 Å². The van der Waals surface area contributed by atoms with E-state index < -0.39 is 11.2 Å². The van der Waals surface area contributed by atoms with Gasteiger partial charge in [0.25, 0.3) is 5.56 Å². The molecule has 1 N–H and O–H groups in total. The first-order valence-corrected chi connectivity index (χ1v) is 8.30. The van der Waals surface area contributed by atoms with Crippen molar-refractivity contribution in [2.75, 3.05) is 12.4 Å². The summed E-state index contributed by atoms with van der Waals surface area (Å²) in [6, 6.07) is 1.97. The van der Waals surface area contributed by atoms with Gasteiger partial charge in [-0.3, -0.25) is 13.9 Å². The quantitative estimate of drug-likeness (QED) is 0.874. The van der Waals surface area contributed by atoms with E-state index in [1.165, 1.54) is 11.6 Å². The molecule has 2 rings (SSSR count). The lowest BCUT2D eigenvalue weighted by Gasteiger charge is -2.60. The molecule has 1 aromatic rings. The SMILES string of the molecule is CCC1(CC)[C@H](Nc2c(C#N)c(=O)n(C)c(=O)n2C)[C@@H](C)[C@@H]1OC. The number of hydrogen-bond donors (Lipinski definition) is 1. The monoisotopic (exact) mass is 334 g/mol. The average molecular weight is 334 g/mol. The second kappa shape index (κ2) is 6.44. The predicted molar refractivity (Wildman–Crippen MR) is 92.0 cm³/mol. The van der Waals surface area contributed by atoms with Crippen LogP contribution < -0.4 is 16.6 Å². The van der Waals surface area contributed by atoms with Gasteiger partial charge in [-0.05, 0) is 12.8 Å². The smallest absolute Gasteiger partial charge is 0.332 e. The second-order valence-electron chi connectivity index (χ2n) is 6.62. The molecule has 0 saturated heterocycles. The van der Waals surface area contributed by atoms with Crippen LogP contribution in [0, 0.1) is 22.7 Å². The third-order valence-corrected chi connectivity index (χ3v) is 5.83. The first-order chi connectivity index (χ1) is 11.3. The maximum Gasteiger partial charge on any atom is 0.332 e. The third kappa shape index (κ3) is 2.28. The molecule has 0 bridgehead atoms. The van der Waals surface area contributed by atoms with Gasteiger partial charge in [0.05, 0.1) is 6.10 Å². The molecule has 3 atom stereocenters. The molecular formula is C17H26N4O3. The number of aromatic nitrogens is 2. The highest BCUT2D eigenvalue weighted by atomic mass is 16.5. The lowest BCUT2D eigenvalue weighted by molar-refractivity contribution is -0.150. The zero-order chi connectivity index (χ0) is 18.2. The molecule has 7 heteroatoms. The zero-order valence-electron chi connectivity index (χ0n) is 15.2. The Hall–Kier alpha value is -2.07. The Morgan fingerprint density at radius 3 is 2.29 bits per heavy atom. The van der Waals surface area contributed by atoms with Crippen molar-refractivity contribution >= 4 is 5.82 Å². The van der Waals surface area contributed by atoms with E-state index in [0.29, 0.717) is 5.82 Å². The minimum Gasteiger partial charge on any atom is -0.380 e. The van der Waals surface area contributed by atoms with Gasteiger partial charge in [-0.25, -0.2) is 4.79 Å². The molecule has 132 valence electrons. The molecule has 0 spiro atoms. The molecule has 7 nitrogen and oxygen atoms in total. The maximum absolute atomic E-state index is 12.2. The molecule has 0 radical (unpaired) electrons. The van der Waals surface area contributed by atoms with Gasteiger partial charge < -0.3 is 10.1 Å². The number of hydrogen-bond acceptors (Lipinski definition) is 5. The summed E-state index contributed by atoms with van der Waals surface area (Å²) in [4.78, 5) is 24.5. The summed E-state index contributed by atoms with van der Waals surface area (Å²) in [5, 5.41) is 12.7. The fourth-order valence-electron chi connectivity index (χ4n) is 4.36. The zero-order valence-corrected chi connectivity index (χ0v) is 15.2. The lowest BCUT2D eigenvalue weighted by Crippen LogP contribution is -2.67. The maximum atomic E-state index is 12.2. The third-order valence-electron chi connectivity index (χ3n) is 5.83. The normalized spacial score (nSPS) is 25.0. The molecule has 0 unspecified atom stereocenters. The van der Waals surface area contributed by atoms with Crippen LogP contribution in [-0.2, 0) is 18.8 Å². The topological polar surface area (TPSA) is 89.0 Å². The summed E-state index contributed by atoms with van der Waals surface area (Å²) < 4.78 is 7.97. The van der Waals surface area contributed by atoms with Crippen molar-refractivity contribution < 1.29 is 4.74 Å². The van der Waals surface area contributed by atoms with Gasteiger partial charge in [0.2, 0.25) is 0 Å². The number of nitrogens with zero attached hydrogens (tertiary/aromatic N) is 3. The van der Waals surface area contributed by atoms with E-state index in [9.17, 15) is 14.9 Å². The molecule has 1 heterocycles.